The van der Waals surface area contributed by atoms with Crippen LogP contribution in [0.15, 0.2) is 47.3 Å². The number of nitrogens with zero attached hydrogens (tertiary/aromatic N) is 4. The molecule has 0 spiro atoms. The van der Waals surface area contributed by atoms with Gasteiger partial charge in [-0.05, 0) is 59.6 Å². The van der Waals surface area contributed by atoms with Crippen molar-refractivity contribution in [2.45, 2.75) is 25.9 Å². The minimum atomic E-state index is -0.911. The Morgan fingerprint density at radius 3 is 2.75 bits per heavy atom. The molecule has 0 aliphatic carbocycles. The van der Waals surface area contributed by atoms with Gasteiger partial charge in [0.25, 0.3) is 5.91 Å². The molecule has 1 aliphatic heterocycles. The van der Waals surface area contributed by atoms with Crippen molar-refractivity contribution < 1.29 is 9.59 Å². The van der Waals surface area contributed by atoms with Gasteiger partial charge in [0.2, 0.25) is 5.91 Å². The van der Waals surface area contributed by atoms with Crippen LogP contribution in [0, 0.1) is 0 Å². The predicted octanol–water partition coefficient (Wildman–Crippen LogP) is 2.59. The van der Waals surface area contributed by atoms with Crippen molar-refractivity contribution in [3.8, 4) is 0 Å². The summed E-state index contributed by atoms with van der Waals surface area (Å²) in [5.41, 5.74) is 1.23. The van der Waals surface area contributed by atoms with E-state index >= 15 is 0 Å². The van der Waals surface area contributed by atoms with E-state index in [4.69, 9.17) is 0 Å². The van der Waals surface area contributed by atoms with Gasteiger partial charge in [0.1, 0.15) is 16.9 Å². The lowest BCUT2D eigenvalue weighted by Gasteiger charge is -2.40. The van der Waals surface area contributed by atoms with Crippen LogP contribution < -0.4 is 5.32 Å². The van der Waals surface area contributed by atoms with Crippen molar-refractivity contribution in [3.63, 3.8) is 0 Å². The molecule has 1 N–H and O–H groups in total. The van der Waals surface area contributed by atoms with Gasteiger partial charge in [0.15, 0.2) is 0 Å². The maximum atomic E-state index is 13.1. The number of pyridine rings is 2. The number of amides is 2. The van der Waals surface area contributed by atoms with Crippen LogP contribution in [0.4, 0.5) is 0 Å². The summed E-state index contributed by atoms with van der Waals surface area (Å²) in [5.74, 6) is -0.397. The Balaban J connectivity index is 1.72. The molecular weight excluding hydrogens is 422 g/mol. The molecule has 1 fully saturated rings. The number of carbonyl (C=O) groups is 2. The Morgan fingerprint density at radius 2 is 2.00 bits per heavy atom. The number of halogens is 1. The summed E-state index contributed by atoms with van der Waals surface area (Å²) in [6, 6.07) is 7.50. The Kier molecular flexibility index (Phi) is 4.66. The molecule has 0 aromatic carbocycles. The first-order chi connectivity index (χ1) is 13.4. The fourth-order valence-electron chi connectivity index (χ4n) is 3.44. The number of aromatic nitrogens is 3. The molecule has 4 rings (SSSR count). The Bertz CT molecular complexity index is 1060. The number of piperazine rings is 1. The molecule has 0 bridgehead atoms. The molecule has 0 atom stereocenters. The van der Waals surface area contributed by atoms with E-state index < -0.39 is 5.54 Å². The lowest BCUT2D eigenvalue weighted by molar-refractivity contribution is -0.133. The van der Waals surface area contributed by atoms with E-state index in [2.05, 4.69) is 31.2 Å². The Morgan fingerprint density at radius 1 is 1.25 bits per heavy atom. The van der Waals surface area contributed by atoms with Crippen LogP contribution in [0.1, 0.15) is 29.9 Å². The second-order valence-corrected chi connectivity index (χ2v) is 8.15. The molecule has 3 aromatic rings. The molecule has 7 nitrogen and oxygen atoms in total. The SMILES string of the molecule is CC1(C)C(=O)NCCN1C(=O)c1ccc2c(Br)cn(Cc3ccncc3)c2n1. The molecule has 1 saturated heterocycles. The number of fused-ring (bicyclic) bond motifs is 1. The van der Waals surface area contributed by atoms with Gasteiger partial charge in [0.05, 0.1) is 0 Å². The van der Waals surface area contributed by atoms with Gasteiger partial charge in [-0.25, -0.2) is 4.98 Å². The van der Waals surface area contributed by atoms with Gasteiger partial charge >= 0.3 is 0 Å². The first kappa shape index (κ1) is 18.6. The van der Waals surface area contributed by atoms with Crippen LogP contribution in [0.2, 0.25) is 0 Å². The average Bonchev–Trinajstić information content (AvgIpc) is 2.99. The van der Waals surface area contributed by atoms with Crippen LogP contribution in [0.3, 0.4) is 0 Å². The number of hydrogen-bond acceptors (Lipinski definition) is 4. The van der Waals surface area contributed by atoms with Crippen LogP contribution in [0.25, 0.3) is 11.0 Å². The second-order valence-electron chi connectivity index (χ2n) is 7.30. The van der Waals surface area contributed by atoms with Crippen molar-refractivity contribution in [3.05, 3.63) is 58.6 Å². The largest absolute Gasteiger partial charge is 0.352 e. The minimum Gasteiger partial charge on any atom is -0.352 e. The maximum Gasteiger partial charge on any atom is 0.273 e. The fraction of sp³-hybridized carbons (Fsp3) is 0.300. The number of rotatable bonds is 3. The van der Waals surface area contributed by atoms with E-state index in [0.29, 0.717) is 31.0 Å². The van der Waals surface area contributed by atoms with E-state index in [1.54, 1.807) is 37.2 Å². The monoisotopic (exact) mass is 441 g/mol. The van der Waals surface area contributed by atoms with E-state index in [1.807, 2.05) is 29.0 Å². The van der Waals surface area contributed by atoms with Crippen LogP contribution in [-0.4, -0.2) is 49.9 Å². The molecule has 0 unspecified atom stereocenters. The van der Waals surface area contributed by atoms with Crippen molar-refractivity contribution in [1.82, 2.24) is 24.8 Å². The highest BCUT2D eigenvalue weighted by atomic mass is 79.9. The molecule has 28 heavy (non-hydrogen) atoms. The van der Waals surface area contributed by atoms with Crippen LogP contribution >= 0.6 is 15.9 Å². The maximum absolute atomic E-state index is 13.1. The van der Waals surface area contributed by atoms with E-state index in [1.165, 1.54) is 0 Å². The zero-order chi connectivity index (χ0) is 19.9. The molecule has 8 heteroatoms. The molecule has 144 valence electrons. The summed E-state index contributed by atoms with van der Waals surface area (Å²) in [5, 5.41) is 3.74. The third-order valence-corrected chi connectivity index (χ3v) is 5.72. The van der Waals surface area contributed by atoms with Crippen molar-refractivity contribution in [1.29, 1.82) is 0 Å². The highest BCUT2D eigenvalue weighted by Crippen LogP contribution is 2.27. The number of carbonyl (C=O) groups excluding carboxylic acids is 2. The molecule has 3 aromatic heterocycles. The third-order valence-electron chi connectivity index (χ3n) is 5.09. The van der Waals surface area contributed by atoms with E-state index in [-0.39, 0.29) is 11.8 Å². The molecular formula is C20H20BrN5O2. The van der Waals surface area contributed by atoms with Gasteiger partial charge in [-0.15, -0.1) is 0 Å². The Labute approximate surface area is 170 Å². The summed E-state index contributed by atoms with van der Waals surface area (Å²) in [4.78, 5) is 35.6. The summed E-state index contributed by atoms with van der Waals surface area (Å²) in [7, 11) is 0. The van der Waals surface area contributed by atoms with Crippen LogP contribution in [0.5, 0.6) is 0 Å². The summed E-state index contributed by atoms with van der Waals surface area (Å²) >= 11 is 3.57. The molecule has 2 amide bonds. The normalized spacial score (nSPS) is 16.2. The van der Waals surface area contributed by atoms with Crippen molar-refractivity contribution >= 4 is 38.8 Å². The predicted molar refractivity (Wildman–Crippen MR) is 109 cm³/mol. The lowest BCUT2D eigenvalue weighted by Crippen LogP contribution is -2.63. The number of nitrogens with one attached hydrogen (secondary N) is 1. The highest BCUT2D eigenvalue weighted by molar-refractivity contribution is 9.10. The summed E-state index contributed by atoms with van der Waals surface area (Å²) in [6.45, 7) is 5.02. The van der Waals surface area contributed by atoms with Gasteiger partial charge in [-0.3, -0.25) is 14.6 Å². The molecule has 1 aliphatic rings. The molecule has 0 radical (unpaired) electrons. The van der Waals surface area contributed by atoms with E-state index in [0.717, 1.165) is 15.4 Å². The standard InChI is InChI=1S/C20H20BrN5O2/c1-20(2)19(28)23-9-10-26(20)18(27)16-4-3-14-15(21)12-25(17(14)24-16)11-13-5-7-22-8-6-13/h3-8,12H,9-11H2,1-2H3,(H,23,28). The van der Waals surface area contributed by atoms with Crippen molar-refractivity contribution in [2.75, 3.05) is 13.1 Å². The summed E-state index contributed by atoms with van der Waals surface area (Å²) < 4.78 is 2.92. The third kappa shape index (κ3) is 3.17. The quantitative estimate of drug-likeness (QED) is 0.677. The first-order valence-electron chi connectivity index (χ1n) is 9.02. The van der Waals surface area contributed by atoms with Gasteiger partial charge in [0, 0.05) is 48.1 Å². The highest BCUT2D eigenvalue weighted by Gasteiger charge is 2.41. The van der Waals surface area contributed by atoms with Gasteiger partial charge in [-0.2, -0.15) is 0 Å². The van der Waals surface area contributed by atoms with E-state index in [9.17, 15) is 9.59 Å². The summed E-state index contributed by atoms with van der Waals surface area (Å²) in [6.07, 6.45) is 5.47. The minimum absolute atomic E-state index is 0.156. The first-order valence-corrected chi connectivity index (χ1v) is 9.82. The zero-order valence-electron chi connectivity index (χ0n) is 15.6. The topological polar surface area (TPSA) is 80.1 Å². The second kappa shape index (κ2) is 7.01. The average molecular weight is 442 g/mol. The van der Waals surface area contributed by atoms with Crippen LogP contribution in [-0.2, 0) is 11.3 Å². The zero-order valence-corrected chi connectivity index (χ0v) is 17.2. The number of hydrogen-bond donors (Lipinski definition) is 1. The molecule has 0 saturated carbocycles. The smallest absolute Gasteiger partial charge is 0.273 e. The van der Waals surface area contributed by atoms with Gasteiger partial charge in [-0.1, -0.05) is 0 Å². The molecule has 4 heterocycles. The lowest BCUT2D eigenvalue weighted by atomic mass is 9.98. The Hall–Kier alpha value is -2.74. The van der Waals surface area contributed by atoms with Gasteiger partial charge < -0.3 is 14.8 Å². The fourth-order valence-corrected chi connectivity index (χ4v) is 4.00. The van der Waals surface area contributed by atoms with Crippen molar-refractivity contribution in [2.24, 2.45) is 0 Å².